The lowest BCUT2D eigenvalue weighted by Gasteiger charge is -2.22. The fraction of sp³-hybridized carbons (Fsp3) is 0.833. The lowest BCUT2D eigenvalue weighted by molar-refractivity contribution is 0.0347. The van der Waals surface area contributed by atoms with Crippen molar-refractivity contribution in [3.63, 3.8) is 0 Å². The normalized spacial score (nSPS) is 29.6. The molecule has 0 nitrogen and oxygen atoms in total. The van der Waals surface area contributed by atoms with Crippen LogP contribution in [-0.4, -0.2) is 5.92 Å². The maximum Gasteiger partial charge on any atom is 0.266 e. The number of rotatable bonds is 2. The van der Waals surface area contributed by atoms with Gasteiger partial charge in [0.25, 0.3) is 5.92 Å². The Morgan fingerprint density at radius 2 is 2.07 bits per heavy atom. The number of alkyl halides is 2. The van der Waals surface area contributed by atoms with Crippen molar-refractivity contribution in [1.29, 1.82) is 0 Å². The van der Waals surface area contributed by atoms with E-state index in [1.165, 1.54) is 0 Å². The number of hydrogen-bond acceptors (Lipinski definition) is 0. The summed E-state index contributed by atoms with van der Waals surface area (Å²) in [4.78, 5) is 0. The molecule has 0 amide bonds. The summed E-state index contributed by atoms with van der Waals surface area (Å²) >= 11 is 0. The molecule has 0 aromatic heterocycles. The standard InChI is InChI=1S/C12H20F2/c1-10(2)9-11-5-3-4-7-12(13,14)8-6-11/h4,7,10-11H,3,5-6,8-9H2,1-2H3/b7-4-. The second kappa shape index (κ2) is 4.90. The highest BCUT2D eigenvalue weighted by Gasteiger charge is 2.27. The molecule has 0 aliphatic heterocycles. The summed E-state index contributed by atoms with van der Waals surface area (Å²) in [5, 5.41) is 0. The third-order valence-corrected chi connectivity index (χ3v) is 2.79. The molecular formula is C12H20F2. The van der Waals surface area contributed by atoms with Crippen molar-refractivity contribution in [1.82, 2.24) is 0 Å². The first-order valence-corrected chi connectivity index (χ1v) is 5.55. The molecule has 1 atom stereocenters. The van der Waals surface area contributed by atoms with E-state index >= 15 is 0 Å². The van der Waals surface area contributed by atoms with Gasteiger partial charge in [0.15, 0.2) is 0 Å². The van der Waals surface area contributed by atoms with Crippen molar-refractivity contribution in [2.75, 3.05) is 0 Å². The minimum absolute atomic E-state index is 0.0287. The third kappa shape index (κ3) is 4.21. The summed E-state index contributed by atoms with van der Waals surface area (Å²) in [7, 11) is 0. The molecule has 0 spiro atoms. The molecule has 0 saturated carbocycles. The van der Waals surface area contributed by atoms with E-state index in [0.29, 0.717) is 18.3 Å². The first-order valence-electron chi connectivity index (χ1n) is 5.55. The highest BCUT2D eigenvalue weighted by molar-refractivity contribution is 4.96. The van der Waals surface area contributed by atoms with Gasteiger partial charge < -0.3 is 0 Å². The van der Waals surface area contributed by atoms with Crippen LogP contribution in [0.15, 0.2) is 12.2 Å². The van der Waals surface area contributed by atoms with E-state index in [1.54, 1.807) is 6.08 Å². The largest absolute Gasteiger partial charge is 0.266 e. The molecule has 1 aliphatic carbocycles. The predicted octanol–water partition coefficient (Wildman–Crippen LogP) is 4.41. The summed E-state index contributed by atoms with van der Waals surface area (Å²) in [6.07, 6.45) is 6.41. The quantitative estimate of drug-likeness (QED) is 0.582. The molecule has 0 aromatic rings. The van der Waals surface area contributed by atoms with Gasteiger partial charge in [-0.25, -0.2) is 8.78 Å². The maximum atomic E-state index is 13.1. The van der Waals surface area contributed by atoms with E-state index in [4.69, 9.17) is 0 Å². The molecule has 0 heterocycles. The third-order valence-electron chi connectivity index (χ3n) is 2.79. The minimum atomic E-state index is -2.56. The van der Waals surface area contributed by atoms with E-state index in [-0.39, 0.29) is 6.42 Å². The van der Waals surface area contributed by atoms with Crippen LogP contribution >= 0.6 is 0 Å². The fourth-order valence-electron chi connectivity index (χ4n) is 2.11. The maximum absolute atomic E-state index is 13.1. The average molecular weight is 202 g/mol. The van der Waals surface area contributed by atoms with Gasteiger partial charge in [0, 0.05) is 6.42 Å². The zero-order valence-electron chi connectivity index (χ0n) is 9.10. The first kappa shape index (κ1) is 11.7. The van der Waals surface area contributed by atoms with Crippen LogP contribution in [0.25, 0.3) is 0 Å². The van der Waals surface area contributed by atoms with Crippen molar-refractivity contribution < 1.29 is 8.78 Å². The van der Waals surface area contributed by atoms with Crippen LogP contribution in [0.3, 0.4) is 0 Å². The summed E-state index contributed by atoms with van der Waals surface area (Å²) in [5.74, 6) is -1.45. The van der Waals surface area contributed by atoms with Gasteiger partial charge in [-0.3, -0.25) is 0 Å². The van der Waals surface area contributed by atoms with Gasteiger partial charge in [0.2, 0.25) is 0 Å². The molecule has 1 unspecified atom stereocenters. The molecule has 0 N–H and O–H groups in total. The summed E-state index contributed by atoms with van der Waals surface area (Å²) in [6.45, 7) is 4.32. The Bertz CT molecular complexity index is 194. The SMILES string of the molecule is CC(C)CC1CC/C=C\C(F)(F)CC1. The molecule has 0 bridgehead atoms. The molecule has 1 aliphatic rings. The Labute approximate surface area is 85.4 Å². The Hall–Kier alpha value is -0.400. The van der Waals surface area contributed by atoms with Crippen molar-refractivity contribution in [3.8, 4) is 0 Å². The molecule has 0 radical (unpaired) electrons. The highest BCUT2D eigenvalue weighted by atomic mass is 19.3. The molecule has 1 rings (SSSR count). The van der Waals surface area contributed by atoms with Gasteiger partial charge in [-0.2, -0.15) is 0 Å². The van der Waals surface area contributed by atoms with Crippen molar-refractivity contribution in [2.24, 2.45) is 11.8 Å². The van der Waals surface area contributed by atoms with Crippen LogP contribution in [0.1, 0.15) is 46.0 Å². The van der Waals surface area contributed by atoms with E-state index in [9.17, 15) is 8.78 Å². The van der Waals surface area contributed by atoms with Crippen molar-refractivity contribution in [3.05, 3.63) is 12.2 Å². The molecule has 2 heteroatoms. The second-order valence-electron chi connectivity index (χ2n) is 4.78. The summed E-state index contributed by atoms with van der Waals surface area (Å²) < 4.78 is 26.1. The lowest BCUT2D eigenvalue weighted by Crippen LogP contribution is -2.17. The smallest absolute Gasteiger partial charge is 0.202 e. The van der Waals surface area contributed by atoms with Gasteiger partial charge >= 0.3 is 0 Å². The molecule has 0 aromatic carbocycles. The Morgan fingerprint density at radius 3 is 2.71 bits per heavy atom. The zero-order chi connectivity index (χ0) is 10.6. The summed E-state index contributed by atoms with van der Waals surface area (Å²) in [5.41, 5.74) is 0. The fourth-order valence-corrected chi connectivity index (χ4v) is 2.11. The van der Waals surface area contributed by atoms with E-state index in [2.05, 4.69) is 13.8 Å². The van der Waals surface area contributed by atoms with Crippen LogP contribution in [0, 0.1) is 11.8 Å². The van der Waals surface area contributed by atoms with Gasteiger partial charge in [0.05, 0.1) is 0 Å². The number of hydrogen-bond donors (Lipinski definition) is 0. The zero-order valence-corrected chi connectivity index (χ0v) is 9.10. The Balaban J connectivity index is 2.47. The van der Waals surface area contributed by atoms with Crippen molar-refractivity contribution >= 4 is 0 Å². The van der Waals surface area contributed by atoms with Crippen LogP contribution in [0.5, 0.6) is 0 Å². The van der Waals surface area contributed by atoms with Gasteiger partial charge in [-0.15, -0.1) is 0 Å². The van der Waals surface area contributed by atoms with Crippen LogP contribution in [-0.2, 0) is 0 Å². The number of allylic oxidation sites excluding steroid dienone is 2. The molecule has 82 valence electrons. The molecule has 0 fully saturated rings. The lowest BCUT2D eigenvalue weighted by atomic mass is 9.86. The predicted molar refractivity (Wildman–Crippen MR) is 55.5 cm³/mol. The molecular weight excluding hydrogens is 182 g/mol. The summed E-state index contributed by atoms with van der Waals surface area (Å²) in [6, 6.07) is 0. The Kier molecular flexibility index (Phi) is 4.09. The molecule has 0 saturated heterocycles. The topological polar surface area (TPSA) is 0 Å². The number of halogens is 2. The van der Waals surface area contributed by atoms with E-state index in [1.807, 2.05) is 0 Å². The van der Waals surface area contributed by atoms with Crippen LogP contribution < -0.4 is 0 Å². The van der Waals surface area contributed by atoms with Gasteiger partial charge in [-0.05, 0) is 43.6 Å². The van der Waals surface area contributed by atoms with Crippen LogP contribution in [0.2, 0.25) is 0 Å². The van der Waals surface area contributed by atoms with E-state index < -0.39 is 5.92 Å². The minimum Gasteiger partial charge on any atom is -0.202 e. The van der Waals surface area contributed by atoms with Crippen LogP contribution in [0.4, 0.5) is 8.78 Å². The van der Waals surface area contributed by atoms with Gasteiger partial charge in [0.1, 0.15) is 0 Å². The molecule has 14 heavy (non-hydrogen) atoms. The van der Waals surface area contributed by atoms with E-state index in [0.717, 1.165) is 25.3 Å². The highest BCUT2D eigenvalue weighted by Crippen LogP contribution is 2.31. The van der Waals surface area contributed by atoms with Crippen molar-refractivity contribution in [2.45, 2.75) is 51.9 Å². The Morgan fingerprint density at radius 1 is 1.36 bits per heavy atom. The second-order valence-corrected chi connectivity index (χ2v) is 4.78. The average Bonchev–Trinajstić information content (AvgIpc) is 2.05. The first-order chi connectivity index (χ1) is 6.49. The monoisotopic (exact) mass is 202 g/mol. The van der Waals surface area contributed by atoms with Gasteiger partial charge in [-0.1, -0.05) is 19.9 Å².